The van der Waals surface area contributed by atoms with Crippen molar-refractivity contribution in [3.05, 3.63) is 0 Å². The van der Waals surface area contributed by atoms with Crippen molar-refractivity contribution in [3.8, 4) is 6.07 Å². The van der Waals surface area contributed by atoms with Gasteiger partial charge in [0.2, 0.25) is 5.91 Å². The highest BCUT2D eigenvalue weighted by Crippen LogP contribution is 2.25. The molecule has 0 saturated carbocycles. The molecule has 104 valence electrons. The topological polar surface area (TPSA) is 73.6 Å². The van der Waals surface area contributed by atoms with Gasteiger partial charge in [-0.2, -0.15) is 5.26 Å². The second-order valence-electron chi connectivity index (χ2n) is 4.99. The molecule has 1 atom stereocenters. The second-order valence-corrected chi connectivity index (χ2v) is 4.99. The summed E-state index contributed by atoms with van der Waals surface area (Å²) in [6.45, 7) is 3.94. The van der Waals surface area contributed by atoms with Gasteiger partial charge in [0, 0.05) is 32.1 Å². The van der Waals surface area contributed by atoms with Gasteiger partial charge in [0.05, 0.1) is 18.6 Å². The molecule has 2 rings (SSSR count). The van der Waals surface area contributed by atoms with E-state index in [0.29, 0.717) is 32.7 Å². The SMILES string of the molecule is CCOC(=O)N1CCC(N2CC(C#N)CC2=O)CC1. The minimum absolute atomic E-state index is 0.0705. The third kappa shape index (κ3) is 2.98. The summed E-state index contributed by atoms with van der Waals surface area (Å²) in [7, 11) is 0. The van der Waals surface area contributed by atoms with E-state index >= 15 is 0 Å². The van der Waals surface area contributed by atoms with E-state index < -0.39 is 0 Å². The van der Waals surface area contributed by atoms with E-state index in [1.165, 1.54) is 0 Å². The molecule has 2 heterocycles. The lowest BCUT2D eigenvalue weighted by Crippen LogP contribution is -2.47. The lowest BCUT2D eigenvalue weighted by molar-refractivity contribution is -0.130. The minimum atomic E-state index is -0.274. The van der Waals surface area contributed by atoms with Crippen LogP contribution < -0.4 is 0 Å². The van der Waals surface area contributed by atoms with E-state index in [1.54, 1.807) is 11.8 Å². The predicted octanol–water partition coefficient (Wildman–Crippen LogP) is 0.979. The first-order chi connectivity index (χ1) is 9.15. The summed E-state index contributed by atoms with van der Waals surface area (Å²) in [5.74, 6) is -0.100. The van der Waals surface area contributed by atoms with Crippen molar-refractivity contribution in [2.45, 2.75) is 32.2 Å². The van der Waals surface area contributed by atoms with Gasteiger partial charge in [-0.15, -0.1) is 0 Å². The number of nitrogens with zero attached hydrogens (tertiary/aromatic N) is 3. The Kier molecular flexibility index (Phi) is 4.25. The van der Waals surface area contributed by atoms with Crippen LogP contribution in [0.15, 0.2) is 0 Å². The molecule has 0 bridgehead atoms. The molecule has 1 unspecified atom stereocenters. The monoisotopic (exact) mass is 265 g/mol. The summed E-state index contributed by atoms with van der Waals surface area (Å²) < 4.78 is 4.96. The van der Waals surface area contributed by atoms with Crippen LogP contribution in [0.4, 0.5) is 4.79 Å². The Hall–Kier alpha value is -1.77. The molecular weight excluding hydrogens is 246 g/mol. The fraction of sp³-hybridized carbons (Fsp3) is 0.769. The lowest BCUT2D eigenvalue weighted by Gasteiger charge is -2.36. The Bertz CT molecular complexity index is 396. The van der Waals surface area contributed by atoms with Gasteiger partial charge in [-0.1, -0.05) is 0 Å². The molecule has 19 heavy (non-hydrogen) atoms. The number of hydrogen-bond donors (Lipinski definition) is 0. The first kappa shape index (κ1) is 13.7. The van der Waals surface area contributed by atoms with Gasteiger partial charge in [-0.25, -0.2) is 4.79 Å². The third-order valence-corrected chi connectivity index (χ3v) is 3.77. The minimum Gasteiger partial charge on any atom is -0.450 e. The van der Waals surface area contributed by atoms with E-state index in [2.05, 4.69) is 6.07 Å². The Labute approximate surface area is 112 Å². The number of likely N-dealkylation sites (tertiary alicyclic amines) is 2. The van der Waals surface area contributed by atoms with Gasteiger partial charge >= 0.3 is 6.09 Å². The van der Waals surface area contributed by atoms with Crippen molar-refractivity contribution in [1.29, 1.82) is 5.26 Å². The molecule has 2 aliphatic rings. The lowest BCUT2D eigenvalue weighted by atomic mass is 10.0. The molecule has 0 N–H and O–H groups in total. The molecular formula is C13H19N3O3. The summed E-state index contributed by atoms with van der Waals surface area (Å²) in [5, 5.41) is 8.88. The maximum Gasteiger partial charge on any atom is 0.409 e. The van der Waals surface area contributed by atoms with E-state index in [4.69, 9.17) is 10.00 Å². The summed E-state index contributed by atoms with van der Waals surface area (Å²) in [6.07, 6.45) is 1.60. The summed E-state index contributed by atoms with van der Waals surface area (Å²) in [4.78, 5) is 26.9. The van der Waals surface area contributed by atoms with Crippen molar-refractivity contribution < 1.29 is 14.3 Å². The van der Waals surface area contributed by atoms with Crippen LogP contribution >= 0.6 is 0 Å². The molecule has 2 amide bonds. The van der Waals surface area contributed by atoms with Crippen molar-refractivity contribution in [1.82, 2.24) is 9.80 Å². The highest BCUT2D eigenvalue weighted by Gasteiger charge is 2.36. The van der Waals surface area contributed by atoms with E-state index in [1.807, 2.05) is 4.90 Å². The first-order valence-corrected chi connectivity index (χ1v) is 6.76. The van der Waals surface area contributed by atoms with Crippen molar-refractivity contribution in [3.63, 3.8) is 0 Å². The van der Waals surface area contributed by atoms with E-state index in [9.17, 15) is 9.59 Å². The largest absolute Gasteiger partial charge is 0.450 e. The number of nitriles is 1. The summed E-state index contributed by atoms with van der Waals surface area (Å²) in [5.41, 5.74) is 0. The zero-order valence-electron chi connectivity index (χ0n) is 11.2. The fourth-order valence-electron chi connectivity index (χ4n) is 2.75. The maximum absolute atomic E-state index is 11.8. The zero-order valence-corrected chi connectivity index (χ0v) is 11.2. The summed E-state index contributed by atoms with van der Waals surface area (Å²) >= 11 is 0. The van der Waals surface area contributed by atoms with Gasteiger partial charge in [-0.3, -0.25) is 4.79 Å². The van der Waals surface area contributed by atoms with Crippen LogP contribution in [0.5, 0.6) is 0 Å². The van der Waals surface area contributed by atoms with Crippen molar-refractivity contribution in [2.75, 3.05) is 26.2 Å². The predicted molar refractivity (Wildman–Crippen MR) is 67.1 cm³/mol. The molecule has 0 aromatic heterocycles. The van der Waals surface area contributed by atoms with Gasteiger partial charge < -0.3 is 14.5 Å². The van der Waals surface area contributed by atoms with Gasteiger partial charge in [0.15, 0.2) is 0 Å². The second kappa shape index (κ2) is 5.91. The fourth-order valence-corrected chi connectivity index (χ4v) is 2.75. The Balaban J connectivity index is 1.85. The highest BCUT2D eigenvalue weighted by atomic mass is 16.6. The molecule has 0 spiro atoms. The van der Waals surface area contributed by atoms with Crippen LogP contribution in [0, 0.1) is 17.2 Å². The van der Waals surface area contributed by atoms with Gasteiger partial charge in [0.1, 0.15) is 0 Å². The van der Waals surface area contributed by atoms with Crippen LogP contribution in [-0.2, 0) is 9.53 Å². The molecule has 6 heteroatoms. The number of rotatable bonds is 2. The Morgan fingerprint density at radius 2 is 2.16 bits per heavy atom. The van der Waals surface area contributed by atoms with Crippen molar-refractivity contribution >= 4 is 12.0 Å². The number of amides is 2. The molecule has 2 aliphatic heterocycles. The van der Waals surface area contributed by atoms with Crippen LogP contribution in [0.3, 0.4) is 0 Å². The van der Waals surface area contributed by atoms with Crippen LogP contribution in [-0.4, -0.2) is 54.1 Å². The molecule has 0 aromatic carbocycles. The molecule has 0 aliphatic carbocycles. The van der Waals surface area contributed by atoms with E-state index in [-0.39, 0.29) is 24.0 Å². The van der Waals surface area contributed by atoms with Gasteiger partial charge in [0.25, 0.3) is 0 Å². The third-order valence-electron chi connectivity index (χ3n) is 3.77. The molecule has 2 saturated heterocycles. The number of carbonyl (C=O) groups excluding carboxylic acids is 2. The number of hydrogen-bond acceptors (Lipinski definition) is 4. The maximum atomic E-state index is 11.8. The average Bonchev–Trinajstić information content (AvgIpc) is 2.80. The smallest absolute Gasteiger partial charge is 0.409 e. The van der Waals surface area contributed by atoms with Crippen molar-refractivity contribution in [2.24, 2.45) is 5.92 Å². The molecule has 0 aromatic rings. The van der Waals surface area contributed by atoms with Crippen LogP contribution in [0.2, 0.25) is 0 Å². The van der Waals surface area contributed by atoms with Crippen LogP contribution in [0.25, 0.3) is 0 Å². The van der Waals surface area contributed by atoms with E-state index in [0.717, 1.165) is 12.8 Å². The number of carbonyl (C=O) groups is 2. The quantitative estimate of drug-likeness (QED) is 0.746. The molecule has 6 nitrogen and oxygen atoms in total. The number of piperidine rings is 1. The highest BCUT2D eigenvalue weighted by molar-refractivity contribution is 5.79. The molecule has 0 radical (unpaired) electrons. The van der Waals surface area contributed by atoms with Gasteiger partial charge in [-0.05, 0) is 19.8 Å². The Morgan fingerprint density at radius 1 is 1.47 bits per heavy atom. The first-order valence-electron chi connectivity index (χ1n) is 6.76. The molecule has 2 fully saturated rings. The number of ether oxygens (including phenoxy) is 1. The summed E-state index contributed by atoms with van der Waals surface area (Å²) in [6, 6.07) is 2.32. The van der Waals surface area contributed by atoms with Crippen LogP contribution in [0.1, 0.15) is 26.2 Å². The average molecular weight is 265 g/mol. The Morgan fingerprint density at radius 3 is 2.68 bits per heavy atom. The normalized spacial score (nSPS) is 24.4. The standard InChI is InChI=1S/C13H19N3O3/c1-2-19-13(18)15-5-3-11(4-6-15)16-9-10(8-14)7-12(16)17/h10-11H,2-7,9H2,1H3. The zero-order chi connectivity index (χ0) is 13.8.